The van der Waals surface area contributed by atoms with Gasteiger partial charge in [0.1, 0.15) is 11.3 Å². The highest BCUT2D eigenvalue weighted by Crippen LogP contribution is 2.22. The fourth-order valence-corrected chi connectivity index (χ4v) is 3.53. The summed E-state index contributed by atoms with van der Waals surface area (Å²) in [6.45, 7) is 2.98. The van der Waals surface area contributed by atoms with E-state index in [0.717, 1.165) is 28.3 Å². The second-order valence-corrected chi connectivity index (χ2v) is 7.40. The van der Waals surface area contributed by atoms with E-state index in [1.54, 1.807) is 17.7 Å². The number of aromatic nitrogens is 3. The first kappa shape index (κ1) is 20.4. The second-order valence-electron chi connectivity index (χ2n) is 7.40. The summed E-state index contributed by atoms with van der Waals surface area (Å²) in [7, 11) is 3.61. The Balaban J connectivity index is 1.57. The number of para-hydroxylation sites is 1. The number of carbonyl (C=O) groups excluding carboxylic acids is 1. The number of nitrogens with zero attached hydrogens (tertiary/aromatic N) is 4. The highest BCUT2D eigenvalue weighted by atomic mass is 16.5. The number of methoxy groups -OCH3 is 1. The molecule has 7 heteroatoms. The molecule has 0 atom stereocenters. The zero-order chi connectivity index (χ0) is 21.8. The molecule has 31 heavy (non-hydrogen) atoms. The minimum atomic E-state index is -0.246. The number of rotatable bonds is 7. The summed E-state index contributed by atoms with van der Waals surface area (Å²) >= 11 is 0. The van der Waals surface area contributed by atoms with Crippen LogP contribution in [0.4, 0.5) is 5.82 Å². The average molecular weight is 415 g/mol. The number of carbonyl (C=O) groups is 1. The van der Waals surface area contributed by atoms with Gasteiger partial charge in [-0.2, -0.15) is 5.10 Å². The predicted molar refractivity (Wildman–Crippen MR) is 120 cm³/mol. The summed E-state index contributed by atoms with van der Waals surface area (Å²) < 4.78 is 7.07. The standard InChI is InChI=1S/C24H25N5O2/c1-17-15-29-21(23(26-17)28(2)16-18-9-5-4-6-10-18)13-20(27-29)24(30)25-14-19-11-7-8-12-22(19)31-3/h4-13,15H,14,16H2,1-3H3,(H,25,30). The lowest BCUT2D eigenvalue weighted by Crippen LogP contribution is -2.23. The lowest BCUT2D eigenvalue weighted by Gasteiger charge is -2.19. The summed E-state index contributed by atoms with van der Waals surface area (Å²) in [5.74, 6) is 1.27. The smallest absolute Gasteiger partial charge is 0.272 e. The minimum absolute atomic E-state index is 0.246. The third-order valence-electron chi connectivity index (χ3n) is 5.04. The van der Waals surface area contributed by atoms with Crippen molar-refractivity contribution >= 4 is 17.2 Å². The van der Waals surface area contributed by atoms with E-state index in [1.807, 2.05) is 62.6 Å². The number of nitrogens with one attached hydrogen (secondary N) is 1. The summed E-state index contributed by atoms with van der Waals surface area (Å²) in [4.78, 5) is 19.6. The van der Waals surface area contributed by atoms with Crippen molar-refractivity contribution in [2.24, 2.45) is 0 Å². The minimum Gasteiger partial charge on any atom is -0.496 e. The van der Waals surface area contributed by atoms with Crippen molar-refractivity contribution in [3.8, 4) is 5.75 Å². The Morgan fingerprint density at radius 3 is 2.65 bits per heavy atom. The van der Waals surface area contributed by atoms with Gasteiger partial charge in [-0.25, -0.2) is 9.50 Å². The molecule has 0 unspecified atom stereocenters. The molecular formula is C24H25N5O2. The summed E-state index contributed by atoms with van der Waals surface area (Å²) in [5.41, 5.74) is 4.04. The van der Waals surface area contributed by atoms with Crippen LogP contribution in [0.15, 0.2) is 66.9 Å². The molecule has 1 amide bonds. The molecular weight excluding hydrogens is 390 g/mol. The van der Waals surface area contributed by atoms with Crippen molar-refractivity contribution in [2.45, 2.75) is 20.0 Å². The summed E-state index contributed by atoms with van der Waals surface area (Å²) in [6, 6.07) is 19.6. The molecule has 4 aromatic rings. The molecule has 0 radical (unpaired) electrons. The van der Waals surface area contributed by atoms with Gasteiger partial charge in [-0.3, -0.25) is 4.79 Å². The van der Waals surface area contributed by atoms with E-state index in [1.165, 1.54) is 5.56 Å². The van der Waals surface area contributed by atoms with Crippen LogP contribution in [0.3, 0.4) is 0 Å². The normalized spacial score (nSPS) is 10.8. The molecule has 0 aliphatic rings. The van der Waals surface area contributed by atoms with Gasteiger partial charge in [0.25, 0.3) is 5.91 Å². The van der Waals surface area contributed by atoms with Crippen molar-refractivity contribution in [2.75, 3.05) is 19.1 Å². The average Bonchev–Trinajstić information content (AvgIpc) is 3.21. The molecule has 0 saturated carbocycles. The van der Waals surface area contributed by atoms with E-state index in [9.17, 15) is 4.79 Å². The largest absolute Gasteiger partial charge is 0.496 e. The quantitative estimate of drug-likeness (QED) is 0.499. The van der Waals surface area contributed by atoms with Gasteiger partial charge in [-0.15, -0.1) is 0 Å². The maximum Gasteiger partial charge on any atom is 0.272 e. The Morgan fingerprint density at radius 2 is 1.87 bits per heavy atom. The van der Waals surface area contributed by atoms with Gasteiger partial charge in [-0.05, 0) is 18.6 Å². The third kappa shape index (κ3) is 4.50. The molecule has 0 fully saturated rings. The molecule has 2 aromatic heterocycles. The molecule has 2 heterocycles. The lowest BCUT2D eigenvalue weighted by molar-refractivity contribution is 0.0945. The van der Waals surface area contributed by atoms with Crippen molar-refractivity contribution in [3.63, 3.8) is 0 Å². The number of amides is 1. The highest BCUT2D eigenvalue weighted by molar-refractivity contribution is 5.94. The topological polar surface area (TPSA) is 71.8 Å². The van der Waals surface area contributed by atoms with Crippen LogP contribution in [0.25, 0.3) is 5.52 Å². The monoisotopic (exact) mass is 415 g/mol. The van der Waals surface area contributed by atoms with Crippen LogP contribution in [0.1, 0.15) is 27.3 Å². The van der Waals surface area contributed by atoms with E-state index < -0.39 is 0 Å². The Kier molecular flexibility index (Phi) is 5.84. The van der Waals surface area contributed by atoms with E-state index in [2.05, 4.69) is 27.4 Å². The first-order chi connectivity index (χ1) is 15.0. The van der Waals surface area contributed by atoms with E-state index in [4.69, 9.17) is 9.72 Å². The van der Waals surface area contributed by atoms with E-state index in [0.29, 0.717) is 18.8 Å². The fourth-order valence-electron chi connectivity index (χ4n) is 3.53. The zero-order valence-electron chi connectivity index (χ0n) is 17.9. The van der Waals surface area contributed by atoms with Gasteiger partial charge >= 0.3 is 0 Å². The third-order valence-corrected chi connectivity index (χ3v) is 5.04. The first-order valence-corrected chi connectivity index (χ1v) is 10.1. The van der Waals surface area contributed by atoms with Gasteiger partial charge in [0.2, 0.25) is 0 Å². The SMILES string of the molecule is COc1ccccc1CNC(=O)c1cc2c(N(C)Cc3ccccc3)nc(C)cn2n1. The molecule has 2 aromatic carbocycles. The number of fused-ring (bicyclic) bond motifs is 1. The zero-order valence-corrected chi connectivity index (χ0v) is 17.9. The van der Waals surface area contributed by atoms with Crippen molar-refractivity contribution < 1.29 is 9.53 Å². The second kappa shape index (κ2) is 8.87. The van der Waals surface area contributed by atoms with Crippen molar-refractivity contribution in [3.05, 3.63) is 89.4 Å². The Hall–Kier alpha value is -3.87. The Morgan fingerprint density at radius 1 is 1.13 bits per heavy atom. The van der Waals surface area contributed by atoms with Gasteiger partial charge in [-0.1, -0.05) is 48.5 Å². The molecule has 0 aliphatic heterocycles. The molecule has 1 N–H and O–H groups in total. The Labute approximate surface area is 181 Å². The number of benzene rings is 2. The van der Waals surface area contributed by atoms with Crippen LogP contribution in [0, 0.1) is 6.92 Å². The van der Waals surface area contributed by atoms with E-state index >= 15 is 0 Å². The number of anilines is 1. The molecule has 4 rings (SSSR count). The number of ether oxygens (including phenoxy) is 1. The van der Waals surface area contributed by atoms with Crippen LogP contribution < -0.4 is 15.0 Å². The fraction of sp³-hybridized carbons (Fsp3) is 0.208. The Bertz CT molecular complexity index is 1200. The molecule has 0 bridgehead atoms. The predicted octanol–water partition coefficient (Wildman–Crippen LogP) is 3.61. The van der Waals surface area contributed by atoms with Gasteiger partial charge < -0.3 is 15.0 Å². The molecule has 0 spiro atoms. The lowest BCUT2D eigenvalue weighted by atomic mass is 10.2. The van der Waals surface area contributed by atoms with Crippen LogP contribution in [-0.4, -0.2) is 34.7 Å². The van der Waals surface area contributed by atoms with Gasteiger partial charge in [0.05, 0.1) is 19.0 Å². The maximum atomic E-state index is 12.8. The maximum absolute atomic E-state index is 12.8. The number of hydrogen-bond acceptors (Lipinski definition) is 5. The molecule has 0 saturated heterocycles. The van der Waals surface area contributed by atoms with Gasteiger partial charge in [0, 0.05) is 31.8 Å². The van der Waals surface area contributed by atoms with Gasteiger partial charge in [0.15, 0.2) is 11.5 Å². The molecule has 7 nitrogen and oxygen atoms in total. The van der Waals surface area contributed by atoms with Crippen molar-refractivity contribution in [1.29, 1.82) is 0 Å². The molecule has 158 valence electrons. The van der Waals surface area contributed by atoms with Crippen LogP contribution in [-0.2, 0) is 13.1 Å². The summed E-state index contributed by atoms with van der Waals surface area (Å²) in [6.07, 6.45) is 1.83. The van der Waals surface area contributed by atoms with E-state index in [-0.39, 0.29) is 5.91 Å². The number of aryl methyl sites for hydroxylation is 1. The van der Waals surface area contributed by atoms with Crippen molar-refractivity contribution in [1.82, 2.24) is 19.9 Å². The number of hydrogen-bond donors (Lipinski definition) is 1. The van der Waals surface area contributed by atoms with Crippen LogP contribution in [0.5, 0.6) is 5.75 Å². The molecule has 0 aliphatic carbocycles. The first-order valence-electron chi connectivity index (χ1n) is 10.1. The van der Waals surface area contributed by atoms with Crippen LogP contribution in [0.2, 0.25) is 0 Å². The summed E-state index contributed by atoms with van der Waals surface area (Å²) in [5, 5.41) is 7.41. The van der Waals surface area contributed by atoms with Crippen LogP contribution >= 0.6 is 0 Å². The highest BCUT2D eigenvalue weighted by Gasteiger charge is 2.17.